The van der Waals surface area contributed by atoms with Gasteiger partial charge in [-0.25, -0.2) is 13.4 Å². The number of aromatic nitrogens is 1. The fraction of sp³-hybridized carbons (Fsp3) is 0.267. The first-order chi connectivity index (χ1) is 9.83. The Kier molecular flexibility index (Phi) is 4.18. The van der Waals surface area contributed by atoms with E-state index in [1.807, 2.05) is 25.1 Å². The Morgan fingerprint density at radius 1 is 1.05 bits per heavy atom. The quantitative estimate of drug-likeness (QED) is 0.911. The lowest BCUT2D eigenvalue weighted by atomic mass is 10.1. The molecule has 0 bridgehead atoms. The van der Waals surface area contributed by atoms with E-state index in [-0.39, 0.29) is 0 Å². The zero-order chi connectivity index (χ0) is 15.6. The van der Waals surface area contributed by atoms with Crippen LogP contribution in [0.4, 0.5) is 11.5 Å². The molecular weight excluding hydrogens is 286 g/mol. The number of aryl methyl sites for hydroxylation is 3. The van der Waals surface area contributed by atoms with Crippen LogP contribution in [0.25, 0.3) is 0 Å². The molecule has 21 heavy (non-hydrogen) atoms. The summed E-state index contributed by atoms with van der Waals surface area (Å²) in [6.07, 6.45) is 1.63. The van der Waals surface area contributed by atoms with Crippen LogP contribution in [0.3, 0.4) is 0 Å². The predicted molar refractivity (Wildman–Crippen MR) is 85.2 cm³/mol. The topological polar surface area (TPSA) is 71.1 Å². The Bertz CT molecular complexity index is 730. The van der Waals surface area contributed by atoms with E-state index in [4.69, 9.17) is 0 Å². The molecule has 2 aromatic rings. The molecule has 1 aromatic carbocycles. The van der Waals surface area contributed by atoms with Gasteiger partial charge in [0.25, 0.3) is 10.0 Å². The molecule has 0 saturated carbocycles. The second kappa shape index (κ2) is 5.73. The molecular formula is C15H19N3O2S. The maximum atomic E-state index is 12.6. The third-order valence-electron chi connectivity index (χ3n) is 3.17. The Hall–Kier alpha value is -2.08. The molecule has 0 unspecified atom stereocenters. The Morgan fingerprint density at radius 2 is 1.67 bits per heavy atom. The minimum atomic E-state index is -3.65. The van der Waals surface area contributed by atoms with Crippen molar-refractivity contribution in [3.63, 3.8) is 0 Å². The first-order valence-corrected chi connectivity index (χ1v) is 8.06. The van der Waals surface area contributed by atoms with Crippen LogP contribution in [0.1, 0.15) is 16.7 Å². The summed E-state index contributed by atoms with van der Waals surface area (Å²) in [5.41, 5.74) is 3.25. The van der Waals surface area contributed by atoms with Crippen LogP contribution in [0, 0.1) is 20.8 Å². The maximum Gasteiger partial charge on any atom is 0.263 e. The lowest BCUT2D eigenvalue weighted by Crippen LogP contribution is -2.16. The van der Waals surface area contributed by atoms with E-state index in [1.165, 1.54) is 0 Å². The molecule has 1 aromatic heterocycles. The molecule has 0 amide bonds. The summed E-state index contributed by atoms with van der Waals surface area (Å²) in [7, 11) is -1.85. The number of benzene rings is 1. The largest absolute Gasteiger partial charge is 0.388 e. The highest BCUT2D eigenvalue weighted by molar-refractivity contribution is 7.92. The molecule has 5 nitrogen and oxygen atoms in total. The van der Waals surface area contributed by atoms with Gasteiger partial charge in [0, 0.05) is 18.9 Å². The molecule has 0 aliphatic rings. The summed E-state index contributed by atoms with van der Waals surface area (Å²) < 4.78 is 27.6. The third-order valence-corrected chi connectivity index (χ3v) is 4.83. The van der Waals surface area contributed by atoms with Crippen molar-refractivity contribution < 1.29 is 8.42 Å². The van der Waals surface area contributed by atoms with Crippen molar-refractivity contribution in [2.75, 3.05) is 17.1 Å². The van der Waals surface area contributed by atoms with E-state index in [0.717, 1.165) is 11.3 Å². The number of sulfonamides is 1. The van der Waals surface area contributed by atoms with E-state index in [2.05, 4.69) is 15.0 Å². The van der Waals surface area contributed by atoms with Crippen molar-refractivity contribution in [3.05, 3.63) is 47.2 Å². The summed E-state index contributed by atoms with van der Waals surface area (Å²) in [5.74, 6) is 0.317. The van der Waals surface area contributed by atoms with Gasteiger partial charge in [0.15, 0.2) is 0 Å². The first-order valence-electron chi connectivity index (χ1n) is 6.58. The molecule has 2 N–H and O–H groups in total. The summed E-state index contributed by atoms with van der Waals surface area (Å²) in [6, 6.07) is 7.09. The number of hydrogen-bond donors (Lipinski definition) is 2. The van der Waals surface area contributed by atoms with Gasteiger partial charge in [0.2, 0.25) is 0 Å². The minimum absolute atomic E-state index is 0.295. The highest BCUT2D eigenvalue weighted by Gasteiger charge is 2.20. The fourth-order valence-corrected chi connectivity index (χ4v) is 3.70. The Morgan fingerprint density at radius 3 is 2.14 bits per heavy atom. The lowest BCUT2D eigenvalue weighted by molar-refractivity contribution is 0.600. The van der Waals surface area contributed by atoms with Gasteiger partial charge in [-0.2, -0.15) is 0 Å². The molecule has 0 saturated heterocycles. The van der Waals surface area contributed by atoms with Crippen LogP contribution in [-0.2, 0) is 10.0 Å². The SMILES string of the molecule is CNc1cc(C)c(S(=O)(=O)Nc2ccc(C)cn2)c(C)c1. The summed E-state index contributed by atoms with van der Waals surface area (Å²) >= 11 is 0. The second-order valence-electron chi connectivity index (χ2n) is 5.02. The van der Waals surface area contributed by atoms with Gasteiger partial charge >= 0.3 is 0 Å². The van der Waals surface area contributed by atoms with Crippen LogP contribution >= 0.6 is 0 Å². The van der Waals surface area contributed by atoms with Gasteiger partial charge in [0.1, 0.15) is 5.82 Å². The zero-order valence-corrected chi connectivity index (χ0v) is 13.4. The van der Waals surface area contributed by atoms with E-state index in [0.29, 0.717) is 21.8 Å². The van der Waals surface area contributed by atoms with Gasteiger partial charge in [-0.3, -0.25) is 4.72 Å². The highest BCUT2D eigenvalue weighted by atomic mass is 32.2. The number of nitrogens with one attached hydrogen (secondary N) is 2. The van der Waals surface area contributed by atoms with Crippen molar-refractivity contribution in [2.24, 2.45) is 0 Å². The average Bonchev–Trinajstić information content (AvgIpc) is 2.39. The minimum Gasteiger partial charge on any atom is -0.388 e. The van der Waals surface area contributed by atoms with Crippen molar-refractivity contribution >= 4 is 21.5 Å². The summed E-state index contributed by atoms with van der Waals surface area (Å²) in [4.78, 5) is 4.37. The molecule has 0 atom stereocenters. The molecule has 0 spiro atoms. The lowest BCUT2D eigenvalue weighted by Gasteiger charge is -2.14. The molecule has 0 aliphatic carbocycles. The molecule has 6 heteroatoms. The summed E-state index contributed by atoms with van der Waals surface area (Å²) in [5, 5.41) is 3.02. The normalized spacial score (nSPS) is 11.2. The molecule has 1 heterocycles. The van der Waals surface area contributed by atoms with Crippen LogP contribution in [0.5, 0.6) is 0 Å². The third kappa shape index (κ3) is 3.33. The average molecular weight is 305 g/mol. The van der Waals surface area contributed by atoms with E-state index in [9.17, 15) is 8.42 Å². The Balaban J connectivity index is 2.42. The van der Waals surface area contributed by atoms with Crippen LogP contribution in [-0.4, -0.2) is 20.4 Å². The Labute approximate surface area is 125 Å². The molecule has 0 radical (unpaired) electrons. The number of pyridine rings is 1. The fourth-order valence-electron chi connectivity index (χ4n) is 2.24. The molecule has 0 fully saturated rings. The zero-order valence-electron chi connectivity index (χ0n) is 12.6. The van der Waals surface area contributed by atoms with Crippen LogP contribution in [0.15, 0.2) is 35.4 Å². The van der Waals surface area contributed by atoms with Crippen LogP contribution < -0.4 is 10.0 Å². The van der Waals surface area contributed by atoms with Gasteiger partial charge in [-0.1, -0.05) is 6.07 Å². The maximum absolute atomic E-state index is 12.6. The molecule has 0 aliphatic heterocycles. The van der Waals surface area contributed by atoms with Gasteiger partial charge in [-0.05, 0) is 55.7 Å². The van der Waals surface area contributed by atoms with Gasteiger partial charge < -0.3 is 5.32 Å². The predicted octanol–water partition coefficient (Wildman–Crippen LogP) is 2.85. The smallest absolute Gasteiger partial charge is 0.263 e. The number of hydrogen-bond acceptors (Lipinski definition) is 4. The molecule has 2 rings (SSSR count). The standard InChI is InChI=1S/C15H19N3O2S/c1-10-5-6-14(17-9-10)18-21(19,20)15-11(2)7-13(16-4)8-12(15)3/h5-9,16H,1-4H3,(H,17,18). The van der Waals surface area contributed by atoms with Crippen molar-refractivity contribution in [1.82, 2.24) is 4.98 Å². The number of anilines is 2. The molecule has 112 valence electrons. The van der Waals surface area contributed by atoms with E-state index < -0.39 is 10.0 Å². The monoisotopic (exact) mass is 305 g/mol. The van der Waals surface area contributed by atoms with Crippen molar-refractivity contribution in [3.8, 4) is 0 Å². The van der Waals surface area contributed by atoms with Crippen molar-refractivity contribution in [2.45, 2.75) is 25.7 Å². The first kappa shape index (κ1) is 15.3. The number of nitrogens with zero attached hydrogens (tertiary/aromatic N) is 1. The summed E-state index contributed by atoms with van der Waals surface area (Å²) in [6.45, 7) is 5.46. The van der Waals surface area contributed by atoms with Crippen LogP contribution in [0.2, 0.25) is 0 Å². The number of rotatable bonds is 4. The van der Waals surface area contributed by atoms with E-state index in [1.54, 1.807) is 33.2 Å². The van der Waals surface area contributed by atoms with E-state index >= 15 is 0 Å². The second-order valence-corrected chi connectivity index (χ2v) is 6.63. The van der Waals surface area contributed by atoms with Gasteiger partial charge in [-0.15, -0.1) is 0 Å². The van der Waals surface area contributed by atoms with Crippen molar-refractivity contribution in [1.29, 1.82) is 0 Å². The highest BCUT2D eigenvalue weighted by Crippen LogP contribution is 2.25. The van der Waals surface area contributed by atoms with Gasteiger partial charge in [0.05, 0.1) is 4.90 Å².